The van der Waals surface area contributed by atoms with Crippen molar-refractivity contribution in [1.29, 1.82) is 0 Å². The second-order valence-electron chi connectivity index (χ2n) is 6.07. The third-order valence-corrected chi connectivity index (χ3v) is 4.55. The molecule has 0 aromatic heterocycles. The predicted octanol–water partition coefficient (Wildman–Crippen LogP) is 3.35. The molecule has 0 aliphatic carbocycles. The Balaban J connectivity index is 1.61. The topological polar surface area (TPSA) is 78.5 Å². The van der Waals surface area contributed by atoms with Crippen molar-refractivity contribution in [2.24, 2.45) is 0 Å². The molecule has 0 bridgehead atoms. The number of halogens is 1. The van der Waals surface area contributed by atoms with Crippen molar-refractivity contribution in [3.05, 3.63) is 53.1 Å². The van der Waals surface area contributed by atoms with Crippen LogP contribution in [0, 0.1) is 6.92 Å². The Labute approximate surface area is 156 Å². The molecule has 2 aromatic carbocycles. The Kier molecular flexibility index (Phi) is 5.23. The van der Waals surface area contributed by atoms with Crippen LogP contribution in [0.5, 0.6) is 0 Å². The van der Waals surface area contributed by atoms with Crippen LogP contribution in [0.15, 0.2) is 42.5 Å². The van der Waals surface area contributed by atoms with Gasteiger partial charge in [-0.2, -0.15) is 0 Å². The summed E-state index contributed by atoms with van der Waals surface area (Å²) >= 11 is 6.01. The van der Waals surface area contributed by atoms with E-state index in [1.54, 1.807) is 47.4 Å². The number of hydrogen-bond acceptors (Lipinski definition) is 3. The zero-order valence-electron chi connectivity index (χ0n) is 14.2. The van der Waals surface area contributed by atoms with E-state index in [9.17, 15) is 14.4 Å². The van der Waals surface area contributed by atoms with Crippen LogP contribution in [0.2, 0.25) is 5.02 Å². The monoisotopic (exact) mass is 371 g/mol. The second-order valence-corrected chi connectivity index (χ2v) is 6.48. The summed E-state index contributed by atoms with van der Waals surface area (Å²) in [4.78, 5) is 37.5. The number of amides is 3. The van der Waals surface area contributed by atoms with Crippen molar-refractivity contribution in [1.82, 2.24) is 0 Å². The van der Waals surface area contributed by atoms with Gasteiger partial charge in [0, 0.05) is 35.1 Å². The van der Waals surface area contributed by atoms with Gasteiger partial charge in [-0.1, -0.05) is 17.7 Å². The molecule has 7 heteroatoms. The fourth-order valence-corrected chi connectivity index (χ4v) is 2.87. The third kappa shape index (κ3) is 4.03. The lowest BCUT2D eigenvalue weighted by molar-refractivity contribution is -0.132. The highest BCUT2D eigenvalue weighted by atomic mass is 35.5. The van der Waals surface area contributed by atoms with Crippen molar-refractivity contribution in [2.45, 2.75) is 19.8 Å². The molecule has 3 rings (SSSR count). The summed E-state index contributed by atoms with van der Waals surface area (Å²) in [6, 6.07) is 11.8. The van der Waals surface area contributed by atoms with E-state index in [1.807, 2.05) is 6.92 Å². The van der Waals surface area contributed by atoms with Gasteiger partial charge in [-0.3, -0.25) is 14.4 Å². The normalized spacial score (nSPS) is 13.6. The minimum absolute atomic E-state index is 0.0953. The van der Waals surface area contributed by atoms with Crippen LogP contribution >= 0.6 is 11.6 Å². The lowest BCUT2D eigenvalue weighted by atomic mass is 10.2. The summed E-state index contributed by atoms with van der Waals surface area (Å²) in [5.41, 5.74) is 2.58. The highest BCUT2D eigenvalue weighted by molar-refractivity contribution is 6.43. The number of aryl methyl sites for hydroxylation is 1. The van der Waals surface area contributed by atoms with Gasteiger partial charge in [0.05, 0.1) is 0 Å². The van der Waals surface area contributed by atoms with E-state index in [4.69, 9.17) is 11.6 Å². The maximum Gasteiger partial charge on any atom is 0.314 e. The van der Waals surface area contributed by atoms with E-state index < -0.39 is 11.8 Å². The van der Waals surface area contributed by atoms with Gasteiger partial charge < -0.3 is 15.5 Å². The summed E-state index contributed by atoms with van der Waals surface area (Å²) < 4.78 is 0. The minimum Gasteiger partial charge on any atom is -0.318 e. The average Bonchev–Trinajstić information content (AvgIpc) is 3.05. The highest BCUT2D eigenvalue weighted by Crippen LogP contribution is 2.23. The molecule has 1 aliphatic heterocycles. The Morgan fingerprint density at radius 3 is 2.19 bits per heavy atom. The quantitative estimate of drug-likeness (QED) is 0.812. The standard InChI is InChI=1S/C19H18ClN3O3/c1-12-4-5-14(11-16(12)20)22-19(26)18(25)21-13-6-8-15(9-7-13)23-10-2-3-17(23)24/h4-9,11H,2-3,10H2,1H3,(H,21,25)(H,22,26). The number of carbonyl (C=O) groups excluding carboxylic acids is 3. The first-order valence-corrected chi connectivity index (χ1v) is 8.61. The number of hydrogen-bond donors (Lipinski definition) is 2. The smallest absolute Gasteiger partial charge is 0.314 e. The molecule has 0 unspecified atom stereocenters. The summed E-state index contributed by atoms with van der Waals surface area (Å²) in [6.07, 6.45) is 1.40. The molecular weight excluding hydrogens is 354 g/mol. The van der Waals surface area contributed by atoms with E-state index in [-0.39, 0.29) is 5.91 Å². The van der Waals surface area contributed by atoms with Crippen LogP contribution in [0.1, 0.15) is 18.4 Å². The maximum absolute atomic E-state index is 12.0. The predicted molar refractivity (Wildman–Crippen MR) is 101 cm³/mol. The van der Waals surface area contributed by atoms with Crippen molar-refractivity contribution in [3.63, 3.8) is 0 Å². The number of nitrogens with one attached hydrogen (secondary N) is 2. The van der Waals surface area contributed by atoms with Crippen LogP contribution in [0.4, 0.5) is 17.1 Å². The largest absolute Gasteiger partial charge is 0.318 e. The van der Waals surface area contributed by atoms with E-state index in [0.717, 1.165) is 17.7 Å². The van der Waals surface area contributed by atoms with Gasteiger partial charge in [0.1, 0.15) is 0 Å². The lowest BCUT2D eigenvalue weighted by Gasteiger charge is -2.16. The van der Waals surface area contributed by atoms with Crippen molar-refractivity contribution < 1.29 is 14.4 Å². The molecule has 2 aromatic rings. The van der Waals surface area contributed by atoms with Crippen molar-refractivity contribution in [3.8, 4) is 0 Å². The van der Waals surface area contributed by atoms with E-state index in [0.29, 0.717) is 29.4 Å². The molecule has 6 nitrogen and oxygen atoms in total. The SMILES string of the molecule is Cc1ccc(NC(=O)C(=O)Nc2ccc(N3CCCC3=O)cc2)cc1Cl. The Morgan fingerprint density at radius 2 is 1.62 bits per heavy atom. The Bertz CT molecular complexity index is 865. The molecule has 2 N–H and O–H groups in total. The first kappa shape index (κ1) is 17.9. The fraction of sp³-hybridized carbons (Fsp3) is 0.211. The zero-order valence-corrected chi connectivity index (χ0v) is 15.0. The molecule has 134 valence electrons. The fourth-order valence-electron chi connectivity index (χ4n) is 2.69. The zero-order chi connectivity index (χ0) is 18.7. The molecule has 1 aliphatic rings. The molecule has 1 saturated heterocycles. The molecule has 3 amide bonds. The average molecular weight is 372 g/mol. The molecule has 26 heavy (non-hydrogen) atoms. The second kappa shape index (κ2) is 7.58. The van der Waals surface area contributed by atoms with Crippen LogP contribution in [-0.2, 0) is 14.4 Å². The van der Waals surface area contributed by atoms with Crippen LogP contribution < -0.4 is 15.5 Å². The summed E-state index contributed by atoms with van der Waals surface area (Å²) in [7, 11) is 0. The number of anilines is 3. The summed E-state index contributed by atoms with van der Waals surface area (Å²) in [5.74, 6) is -1.48. The molecule has 0 spiro atoms. The van der Waals surface area contributed by atoms with Gasteiger partial charge in [0.2, 0.25) is 5.91 Å². The molecule has 0 radical (unpaired) electrons. The van der Waals surface area contributed by atoms with Gasteiger partial charge >= 0.3 is 11.8 Å². The van der Waals surface area contributed by atoms with Crippen molar-refractivity contribution in [2.75, 3.05) is 22.1 Å². The van der Waals surface area contributed by atoms with E-state index >= 15 is 0 Å². The van der Waals surface area contributed by atoms with Crippen LogP contribution in [-0.4, -0.2) is 24.3 Å². The number of nitrogens with zero attached hydrogens (tertiary/aromatic N) is 1. The summed E-state index contributed by atoms with van der Waals surface area (Å²) in [6.45, 7) is 2.55. The van der Waals surface area contributed by atoms with E-state index in [1.165, 1.54) is 0 Å². The van der Waals surface area contributed by atoms with Gasteiger partial charge in [-0.15, -0.1) is 0 Å². The van der Waals surface area contributed by atoms with Gasteiger partial charge in [0.15, 0.2) is 0 Å². The number of benzene rings is 2. The Morgan fingerprint density at radius 1 is 1.00 bits per heavy atom. The first-order valence-electron chi connectivity index (χ1n) is 8.23. The lowest BCUT2D eigenvalue weighted by Crippen LogP contribution is -2.29. The molecule has 0 saturated carbocycles. The molecule has 1 heterocycles. The summed E-state index contributed by atoms with van der Waals surface area (Å²) in [5, 5.41) is 5.54. The maximum atomic E-state index is 12.0. The molecular formula is C19H18ClN3O3. The number of rotatable bonds is 3. The van der Waals surface area contributed by atoms with Crippen LogP contribution in [0.25, 0.3) is 0 Å². The van der Waals surface area contributed by atoms with Crippen molar-refractivity contribution >= 4 is 46.4 Å². The van der Waals surface area contributed by atoms with Gasteiger partial charge in [-0.25, -0.2) is 0 Å². The third-order valence-electron chi connectivity index (χ3n) is 4.15. The van der Waals surface area contributed by atoms with Gasteiger partial charge in [0.25, 0.3) is 0 Å². The molecule has 0 atom stereocenters. The van der Waals surface area contributed by atoms with Gasteiger partial charge in [-0.05, 0) is 55.3 Å². The van der Waals surface area contributed by atoms with E-state index in [2.05, 4.69) is 10.6 Å². The van der Waals surface area contributed by atoms with Crippen LogP contribution in [0.3, 0.4) is 0 Å². The minimum atomic E-state index is -0.788. The Hall–Kier alpha value is -2.86. The number of carbonyl (C=O) groups is 3. The molecule has 1 fully saturated rings. The first-order chi connectivity index (χ1) is 12.4. The highest BCUT2D eigenvalue weighted by Gasteiger charge is 2.21.